The Morgan fingerprint density at radius 1 is 0.360 bits per heavy atom. The summed E-state index contributed by atoms with van der Waals surface area (Å²) in [5.74, 6) is 2.09. The predicted octanol–water partition coefficient (Wildman–Crippen LogP) is 26.6. The number of rotatable bonds is 20. The molecule has 13 heterocycles. The fraction of sp³-hybridized carbons (Fsp3) is 0.281. The first-order valence-electron chi connectivity index (χ1n) is 49.8. The number of piperazine rings is 2. The highest BCUT2D eigenvalue weighted by atomic mass is 35.5. The molecule has 3 saturated heterocycles. The molecule has 0 radical (unpaired) electrons. The summed E-state index contributed by atoms with van der Waals surface area (Å²) in [5, 5.41) is 97.1. The summed E-state index contributed by atoms with van der Waals surface area (Å²) >= 11 is 19.4. The largest absolute Gasteiger partial charge is 0.505 e. The van der Waals surface area contributed by atoms with Gasteiger partial charge in [-0.05, 0) is 219 Å². The molecule has 778 valence electrons. The van der Waals surface area contributed by atoms with E-state index in [0.717, 1.165) is 160 Å². The zero-order valence-corrected chi connectivity index (χ0v) is 85.8. The second-order valence-electron chi connectivity index (χ2n) is 37.7. The number of halogens is 4. The topological polar surface area (TPSA) is 314 Å². The molecule has 3 fully saturated rings. The SMILES string of the molecule is C.C.C.CC(c1ccc2cccnc2c1O)N1CCCCC1.CC(c1ccc2cccnc2c1O)n1cccc1.CCN(CC)Cc1ccc2cccnc2c1O.Cc1cc(CN2CC(C)N(Cc3cc(Cl)c4cccnc4c3O)CC2C)c(O)c2ncccc12.Cc1cc(CN2CCN(Cc3cc(Cl)c4cccnc4c3O)CC2)c(O)c2ncccc12.Oc1c(C(Nc2ccccn2)c2cccc(F)c2)cc(Cl)c2cccnc12. The van der Waals surface area contributed by atoms with Gasteiger partial charge in [0.1, 0.15) is 102 Å². The molecule has 9 aromatic carbocycles. The molecule has 22 rings (SSSR count). The minimum Gasteiger partial charge on any atom is -0.505 e. The molecule has 3 aliphatic heterocycles. The third-order valence-corrected chi connectivity index (χ3v) is 29.2. The maximum absolute atomic E-state index is 13.9. The molecule has 5 unspecified atom stereocenters. The Labute approximate surface area is 891 Å². The Hall–Kier alpha value is -14.6. The van der Waals surface area contributed by atoms with Crippen LogP contribution in [0.3, 0.4) is 0 Å². The zero-order chi connectivity index (χ0) is 103. The second-order valence-corrected chi connectivity index (χ2v) is 39.0. The lowest BCUT2D eigenvalue weighted by molar-refractivity contribution is 0.0321. The van der Waals surface area contributed by atoms with Crippen LogP contribution < -0.4 is 5.32 Å². The number of nitrogens with zero attached hydrogens (tertiary/aromatic N) is 16. The van der Waals surface area contributed by atoms with Crippen molar-refractivity contribution in [3.8, 4) is 46.0 Å². The number of phenols is 8. The van der Waals surface area contributed by atoms with E-state index in [9.17, 15) is 45.2 Å². The summed E-state index contributed by atoms with van der Waals surface area (Å²) < 4.78 is 15.9. The Balaban J connectivity index is 0.000000144. The Kier molecular flexibility index (Phi) is 37.9. The highest BCUT2D eigenvalue weighted by molar-refractivity contribution is 6.36. The van der Waals surface area contributed by atoms with Crippen LogP contribution in [0.25, 0.3) is 87.2 Å². The number of nitrogens with one attached hydrogen (secondary N) is 1. The molecule has 0 saturated carbocycles. The fourth-order valence-corrected chi connectivity index (χ4v) is 20.7. The maximum Gasteiger partial charge on any atom is 0.147 e. The van der Waals surface area contributed by atoms with E-state index < -0.39 is 6.04 Å². The van der Waals surface area contributed by atoms with Crippen LogP contribution in [0, 0.1) is 19.7 Å². The predicted molar refractivity (Wildman–Crippen MR) is 607 cm³/mol. The van der Waals surface area contributed by atoms with E-state index in [2.05, 4.69) is 158 Å². The molecular weight excluding hydrogens is 1940 g/mol. The van der Waals surface area contributed by atoms with E-state index in [0.29, 0.717) is 119 Å². The average Bonchev–Trinajstić information content (AvgIpc) is 1.10. The third kappa shape index (κ3) is 25.4. The lowest BCUT2D eigenvalue weighted by Gasteiger charge is -2.44. The van der Waals surface area contributed by atoms with Crippen LogP contribution in [-0.4, -0.2) is 197 Å². The van der Waals surface area contributed by atoms with Crippen LogP contribution >= 0.6 is 34.8 Å². The lowest BCUT2D eigenvalue weighted by atomic mass is 9.96. The molecule has 9 N–H and O–H groups in total. The number of piperidine rings is 1. The van der Waals surface area contributed by atoms with Gasteiger partial charge < -0.3 is 50.7 Å². The highest BCUT2D eigenvalue weighted by Gasteiger charge is 2.33. The van der Waals surface area contributed by atoms with Crippen molar-refractivity contribution in [1.29, 1.82) is 0 Å². The van der Waals surface area contributed by atoms with Crippen LogP contribution in [0.1, 0.15) is 162 Å². The van der Waals surface area contributed by atoms with Crippen molar-refractivity contribution < 1.29 is 45.2 Å². The summed E-state index contributed by atoms with van der Waals surface area (Å²) in [4.78, 5) is 52.9. The van der Waals surface area contributed by atoms with Crippen molar-refractivity contribution in [3.63, 3.8) is 0 Å². The number of likely N-dealkylation sites (tertiary alicyclic amines) is 1. The Morgan fingerprint density at radius 3 is 1.18 bits per heavy atom. The van der Waals surface area contributed by atoms with Crippen molar-refractivity contribution >= 4 is 128 Å². The number of phenolic OH excluding ortho intramolecular Hbond substituents is 8. The number of hydrogen-bond acceptors (Lipinski definition) is 24. The minimum atomic E-state index is -0.570. The van der Waals surface area contributed by atoms with E-state index in [1.165, 1.54) is 31.4 Å². The van der Waals surface area contributed by atoms with Crippen molar-refractivity contribution in [1.82, 2.24) is 78.8 Å². The first kappa shape index (κ1) is 111. The average molecular weight is 2080 g/mol. The van der Waals surface area contributed by atoms with Crippen LogP contribution in [-0.2, 0) is 32.7 Å². The van der Waals surface area contributed by atoms with Gasteiger partial charge in [0.05, 0.1) is 27.2 Å². The quantitative estimate of drug-likeness (QED) is 0.0342. The molecular formula is C121H133Cl3FN17O8. The van der Waals surface area contributed by atoms with Gasteiger partial charge in [0.25, 0.3) is 0 Å². The van der Waals surface area contributed by atoms with Crippen molar-refractivity contribution in [2.75, 3.05) is 70.8 Å². The number of fused-ring (bicyclic) bond motifs is 8. The van der Waals surface area contributed by atoms with Gasteiger partial charge in [-0.2, -0.15) is 0 Å². The van der Waals surface area contributed by atoms with Crippen LogP contribution in [0.2, 0.25) is 15.1 Å². The smallest absolute Gasteiger partial charge is 0.147 e. The van der Waals surface area contributed by atoms with Crippen molar-refractivity contribution in [2.24, 2.45) is 0 Å². The normalized spacial score (nSPS) is 15.1. The maximum atomic E-state index is 13.9. The van der Waals surface area contributed by atoms with E-state index in [1.807, 2.05) is 158 Å². The van der Waals surface area contributed by atoms with Crippen molar-refractivity contribution in [3.05, 3.63) is 369 Å². The number of benzene rings is 9. The van der Waals surface area contributed by atoms with Gasteiger partial charge in [0, 0.05) is 246 Å². The third-order valence-electron chi connectivity index (χ3n) is 28.2. The molecule has 150 heavy (non-hydrogen) atoms. The van der Waals surface area contributed by atoms with Gasteiger partial charge in [-0.15, -0.1) is 0 Å². The molecule has 0 bridgehead atoms. The number of aryl methyl sites for hydroxylation is 2. The molecule has 19 aromatic rings. The second kappa shape index (κ2) is 51.1. The van der Waals surface area contributed by atoms with Crippen molar-refractivity contribution in [2.45, 2.75) is 160 Å². The highest BCUT2D eigenvalue weighted by Crippen LogP contribution is 2.44. The molecule has 10 aromatic heterocycles. The Morgan fingerprint density at radius 2 is 0.733 bits per heavy atom. The van der Waals surface area contributed by atoms with Gasteiger partial charge in [0.15, 0.2) is 0 Å². The number of aromatic hydroxyl groups is 8. The molecule has 0 amide bonds. The number of pyridine rings is 9. The van der Waals surface area contributed by atoms with Gasteiger partial charge in [0.2, 0.25) is 0 Å². The Bertz CT molecular complexity index is 7640. The first-order valence-corrected chi connectivity index (χ1v) is 50.9. The van der Waals surface area contributed by atoms with E-state index >= 15 is 0 Å². The molecule has 29 heteroatoms. The number of hydrogen-bond donors (Lipinski definition) is 9. The summed E-state index contributed by atoms with van der Waals surface area (Å²) in [6.07, 6.45) is 23.0. The van der Waals surface area contributed by atoms with Gasteiger partial charge >= 0.3 is 0 Å². The van der Waals surface area contributed by atoms with Gasteiger partial charge in [-0.1, -0.05) is 174 Å². The lowest BCUT2D eigenvalue weighted by Crippen LogP contribution is -2.55. The monoisotopic (exact) mass is 2080 g/mol. The van der Waals surface area contributed by atoms with Gasteiger partial charge in [-0.3, -0.25) is 69.3 Å². The van der Waals surface area contributed by atoms with Gasteiger partial charge in [-0.25, -0.2) is 9.37 Å². The standard InChI is InChI=1S/C27H29ClN4O2.C25H25ClN4O2.C21H15ClFN3O.C16H20N2O.C15H14N2O.C14H18N2O.3CH4/c1-16-10-19(26(33)24-21(16)6-4-8-29-24)14-31-12-18(3)32(13-17(31)2)15-20-11-23(28)22-7-5-9-30-25(22)27(20)34;1-16-12-17(24(31)22-19(16)4-2-6-27-22)14-29-8-10-30(11-9-29)15-18-13-21(26)20-5-3-7-28-23(20)25(18)32;22-17-12-16(21(27)20-15(17)7-4-10-25-20)19(13-5-3-6-14(23)11-13)26-18-8-1-2-9-24-18;1-12(18-10-3-2-4-11-18)14-8-7-13-6-5-9-17-15(13)16(14)19;1-11(17-9-2-3-10-17)13-7-6-12-5-4-8-16-14(12)15(13)18;1-3-16(4-2)10-12-8-7-11-6-5-9-15-13(11)14(12)17;;;/h4-11,17-18,33-34H,12-15H2,1-3H3;2-7,12-13,31-32H,8-11,14-15H2,1H3;1-12,19,27H,(H,24,26);5-9,12,19H,2-4,10-11H2,1H3;2-11,18H,1H3;5-9,17H,3-4,10H2,1-2H3;3*1H4. The summed E-state index contributed by atoms with van der Waals surface area (Å²) in [6, 6.07) is 67.7. The van der Waals surface area contributed by atoms with Crippen LogP contribution in [0.4, 0.5) is 10.2 Å². The molecule has 25 nitrogen and oxygen atoms in total. The van der Waals surface area contributed by atoms with Crippen LogP contribution in [0.5, 0.6) is 46.0 Å². The molecule has 0 spiro atoms. The first-order chi connectivity index (χ1) is 71.3. The van der Waals surface area contributed by atoms with E-state index in [1.54, 1.807) is 98.2 Å². The molecule has 5 atom stereocenters. The summed E-state index contributed by atoms with van der Waals surface area (Å²) in [6.45, 7) is 29.7. The molecule has 3 aliphatic rings. The van der Waals surface area contributed by atoms with Crippen LogP contribution in [0.15, 0.2) is 287 Å². The summed E-state index contributed by atoms with van der Waals surface area (Å²) in [5.41, 5.74) is 14.4. The minimum absolute atomic E-state index is 0. The molecule has 0 aliphatic carbocycles. The van der Waals surface area contributed by atoms with E-state index in [4.69, 9.17) is 34.8 Å². The zero-order valence-electron chi connectivity index (χ0n) is 83.5. The fourth-order valence-electron chi connectivity index (χ4n) is 19.9. The van der Waals surface area contributed by atoms with E-state index in [-0.39, 0.29) is 86.8 Å². The summed E-state index contributed by atoms with van der Waals surface area (Å²) in [7, 11) is 0. The number of anilines is 1. The number of aromatic nitrogens is 10.